The molecule has 0 unspecified atom stereocenters. The molecular weight excluding hydrogens is 169 g/mol. The Morgan fingerprint density at radius 2 is 2.15 bits per heavy atom. The van der Waals surface area contributed by atoms with Gasteiger partial charge < -0.3 is 5.32 Å². The number of rotatable bonds is 0. The quantitative estimate of drug-likeness (QED) is 0.633. The molecule has 1 amide bonds. The van der Waals surface area contributed by atoms with E-state index in [0.717, 1.165) is 17.5 Å². The molecule has 1 aromatic rings. The first-order valence-electron chi connectivity index (χ1n) is 4.30. The van der Waals surface area contributed by atoms with E-state index in [4.69, 9.17) is 0 Å². The van der Waals surface area contributed by atoms with Gasteiger partial charge in [0.1, 0.15) is 5.82 Å². The number of hydrogen-bond donors (Lipinski definition) is 1. The fourth-order valence-electron chi connectivity index (χ4n) is 1.58. The molecule has 2 nitrogen and oxygen atoms in total. The van der Waals surface area contributed by atoms with Crippen molar-refractivity contribution >= 4 is 5.91 Å². The Balaban J connectivity index is 2.40. The number of benzene rings is 1. The van der Waals surface area contributed by atoms with Crippen LogP contribution in [-0.4, -0.2) is 12.5 Å². The van der Waals surface area contributed by atoms with Gasteiger partial charge in [-0.25, -0.2) is 4.39 Å². The Morgan fingerprint density at radius 3 is 3.00 bits per heavy atom. The number of nitrogens with one attached hydrogen (secondary N) is 1. The molecule has 1 aliphatic rings. The van der Waals surface area contributed by atoms with Gasteiger partial charge in [0.2, 0.25) is 5.91 Å². The summed E-state index contributed by atoms with van der Waals surface area (Å²) in [5, 5.41) is 2.75. The van der Waals surface area contributed by atoms with E-state index in [1.807, 2.05) is 0 Å². The summed E-state index contributed by atoms with van der Waals surface area (Å²) in [6.45, 7) is 0.650. The first-order valence-corrected chi connectivity index (χ1v) is 4.30. The van der Waals surface area contributed by atoms with E-state index in [9.17, 15) is 9.18 Å². The maximum atomic E-state index is 12.8. The molecule has 0 aromatic heterocycles. The molecule has 0 fully saturated rings. The van der Waals surface area contributed by atoms with Crippen molar-refractivity contribution in [3.8, 4) is 0 Å². The average molecular weight is 179 g/mol. The molecule has 1 aliphatic heterocycles. The highest BCUT2D eigenvalue weighted by molar-refractivity contribution is 5.79. The highest BCUT2D eigenvalue weighted by Gasteiger charge is 2.12. The summed E-state index contributed by atoms with van der Waals surface area (Å²) < 4.78 is 12.8. The summed E-state index contributed by atoms with van der Waals surface area (Å²) in [5.74, 6) is -0.294. The summed E-state index contributed by atoms with van der Waals surface area (Å²) in [6.07, 6.45) is 1.09. The molecule has 0 atom stereocenters. The number of hydrogen-bond acceptors (Lipinski definition) is 1. The molecule has 1 aromatic carbocycles. The molecule has 0 saturated heterocycles. The molecule has 68 valence electrons. The molecule has 13 heavy (non-hydrogen) atoms. The van der Waals surface area contributed by atoms with E-state index in [0.29, 0.717) is 13.0 Å². The monoisotopic (exact) mass is 179 g/mol. The molecule has 0 saturated carbocycles. The van der Waals surface area contributed by atoms with Crippen molar-refractivity contribution in [2.45, 2.75) is 12.8 Å². The van der Waals surface area contributed by atoms with Crippen LogP contribution in [0.2, 0.25) is 0 Å². The Morgan fingerprint density at radius 1 is 1.31 bits per heavy atom. The zero-order valence-electron chi connectivity index (χ0n) is 7.14. The Labute approximate surface area is 75.8 Å². The van der Waals surface area contributed by atoms with Gasteiger partial charge in [0.25, 0.3) is 0 Å². The van der Waals surface area contributed by atoms with Gasteiger partial charge >= 0.3 is 0 Å². The standard InChI is InChI=1S/C10H10FNO/c11-9-2-1-7-3-4-12-10(13)6-8(7)5-9/h1-2,5H,3-4,6H2,(H,12,13). The van der Waals surface area contributed by atoms with Gasteiger partial charge in [-0.3, -0.25) is 4.79 Å². The predicted octanol–water partition coefficient (Wildman–Crippen LogP) is 1.04. The van der Waals surface area contributed by atoms with Gasteiger partial charge in [0, 0.05) is 6.54 Å². The van der Waals surface area contributed by atoms with Gasteiger partial charge in [-0.15, -0.1) is 0 Å². The van der Waals surface area contributed by atoms with Crippen molar-refractivity contribution in [3.05, 3.63) is 35.1 Å². The summed E-state index contributed by atoms with van der Waals surface area (Å²) >= 11 is 0. The van der Waals surface area contributed by atoms with E-state index >= 15 is 0 Å². The Hall–Kier alpha value is -1.38. The lowest BCUT2D eigenvalue weighted by Gasteiger charge is -2.02. The molecule has 0 bridgehead atoms. The summed E-state index contributed by atoms with van der Waals surface area (Å²) in [6, 6.07) is 4.64. The van der Waals surface area contributed by atoms with Crippen LogP contribution in [0.25, 0.3) is 0 Å². The van der Waals surface area contributed by atoms with Gasteiger partial charge in [-0.05, 0) is 29.7 Å². The van der Waals surface area contributed by atoms with E-state index < -0.39 is 0 Å². The number of carbonyl (C=O) groups excluding carboxylic acids is 1. The minimum Gasteiger partial charge on any atom is -0.355 e. The second-order valence-corrected chi connectivity index (χ2v) is 3.19. The molecule has 3 heteroatoms. The van der Waals surface area contributed by atoms with Crippen LogP contribution >= 0.6 is 0 Å². The van der Waals surface area contributed by atoms with Crippen LogP contribution in [0.5, 0.6) is 0 Å². The third-order valence-corrected chi connectivity index (χ3v) is 2.24. The fourth-order valence-corrected chi connectivity index (χ4v) is 1.58. The molecule has 0 spiro atoms. The maximum Gasteiger partial charge on any atom is 0.224 e. The smallest absolute Gasteiger partial charge is 0.224 e. The number of fused-ring (bicyclic) bond motifs is 1. The van der Waals surface area contributed by atoms with Crippen LogP contribution in [0.4, 0.5) is 4.39 Å². The van der Waals surface area contributed by atoms with Gasteiger partial charge in [0.15, 0.2) is 0 Å². The van der Waals surface area contributed by atoms with E-state index in [-0.39, 0.29) is 11.7 Å². The number of amides is 1. The molecule has 1 heterocycles. The third-order valence-electron chi connectivity index (χ3n) is 2.24. The molecule has 1 N–H and O–H groups in total. The summed E-state index contributed by atoms with van der Waals surface area (Å²) in [7, 11) is 0. The van der Waals surface area contributed by atoms with Crippen molar-refractivity contribution in [2.75, 3.05) is 6.54 Å². The Bertz CT molecular complexity index is 349. The van der Waals surface area contributed by atoms with Gasteiger partial charge in [0.05, 0.1) is 6.42 Å². The van der Waals surface area contributed by atoms with E-state index in [2.05, 4.69) is 5.32 Å². The van der Waals surface area contributed by atoms with Gasteiger partial charge in [-0.1, -0.05) is 6.07 Å². The molecular formula is C10H10FNO. The van der Waals surface area contributed by atoms with Crippen molar-refractivity contribution in [1.82, 2.24) is 5.32 Å². The normalized spacial score (nSPS) is 15.9. The lowest BCUT2D eigenvalue weighted by Crippen LogP contribution is -2.24. The van der Waals surface area contributed by atoms with Crippen molar-refractivity contribution in [1.29, 1.82) is 0 Å². The Kier molecular flexibility index (Phi) is 2.00. The third kappa shape index (κ3) is 1.69. The fraction of sp³-hybridized carbons (Fsp3) is 0.300. The van der Waals surface area contributed by atoms with Crippen molar-refractivity contribution in [2.24, 2.45) is 0 Å². The van der Waals surface area contributed by atoms with Crippen LogP contribution in [0.15, 0.2) is 18.2 Å². The average Bonchev–Trinajstić information content (AvgIpc) is 2.25. The number of carbonyl (C=O) groups is 1. The highest BCUT2D eigenvalue weighted by Crippen LogP contribution is 2.14. The van der Waals surface area contributed by atoms with E-state index in [1.54, 1.807) is 6.07 Å². The second kappa shape index (κ2) is 3.17. The largest absolute Gasteiger partial charge is 0.355 e. The molecule has 0 aliphatic carbocycles. The van der Waals surface area contributed by atoms with Crippen molar-refractivity contribution in [3.63, 3.8) is 0 Å². The van der Waals surface area contributed by atoms with Crippen LogP contribution in [0.3, 0.4) is 0 Å². The maximum absolute atomic E-state index is 12.8. The topological polar surface area (TPSA) is 29.1 Å². The van der Waals surface area contributed by atoms with Crippen LogP contribution in [0, 0.1) is 5.82 Å². The molecule has 0 radical (unpaired) electrons. The van der Waals surface area contributed by atoms with Gasteiger partial charge in [-0.2, -0.15) is 0 Å². The minimum atomic E-state index is -0.270. The SMILES string of the molecule is O=C1Cc2cc(F)ccc2CCN1. The zero-order chi connectivity index (χ0) is 9.26. The number of halogens is 1. The van der Waals surface area contributed by atoms with Crippen LogP contribution in [-0.2, 0) is 17.6 Å². The van der Waals surface area contributed by atoms with Crippen molar-refractivity contribution < 1.29 is 9.18 Å². The predicted molar refractivity (Wildman–Crippen MR) is 46.8 cm³/mol. The molecule has 2 rings (SSSR count). The first kappa shape index (κ1) is 8.23. The zero-order valence-corrected chi connectivity index (χ0v) is 7.14. The lowest BCUT2D eigenvalue weighted by molar-refractivity contribution is -0.120. The summed E-state index contributed by atoms with van der Waals surface area (Å²) in [5.41, 5.74) is 1.88. The lowest BCUT2D eigenvalue weighted by atomic mass is 10.0. The first-order chi connectivity index (χ1) is 6.25. The minimum absolute atomic E-state index is 0.0237. The second-order valence-electron chi connectivity index (χ2n) is 3.19. The van der Waals surface area contributed by atoms with Crippen LogP contribution in [0.1, 0.15) is 11.1 Å². The highest BCUT2D eigenvalue weighted by atomic mass is 19.1. The summed E-state index contributed by atoms with van der Waals surface area (Å²) in [4.78, 5) is 11.1. The van der Waals surface area contributed by atoms with E-state index in [1.165, 1.54) is 12.1 Å². The van der Waals surface area contributed by atoms with Crippen LogP contribution < -0.4 is 5.32 Å².